The van der Waals surface area contributed by atoms with Gasteiger partial charge in [-0.2, -0.15) is 0 Å². The molecule has 0 aromatic heterocycles. The first kappa shape index (κ1) is 14.1. The van der Waals surface area contributed by atoms with Crippen LogP contribution in [0.1, 0.15) is 17.2 Å². The van der Waals surface area contributed by atoms with Gasteiger partial charge in [-0.15, -0.1) is 0 Å². The van der Waals surface area contributed by atoms with Crippen molar-refractivity contribution >= 4 is 0 Å². The monoisotopic (exact) mass is 283 g/mol. The van der Waals surface area contributed by atoms with Gasteiger partial charge in [-0.1, -0.05) is 42.5 Å². The molecular formula is C18H21NO2. The van der Waals surface area contributed by atoms with E-state index in [1.807, 2.05) is 12.1 Å². The van der Waals surface area contributed by atoms with E-state index in [4.69, 9.17) is 9.47 Å². The van der Waals surface area contributed by atoms with Crippen molar-refractivity contribution in [2.24, 2.45) is 0 Å². The summed E-state index contributed by atoms with van der Waals surface area (Å²) in [6, 6.07) is 18.8. The van der Waals surface area contributed by atoms with Gasteiger partial charge >= 0.3 is 0 Å². The summed E-state index contributed by atoms with van der Waals surface area (Å²) < 4.78 is 11.1. The second-order valence-electron chi connectivity index (χ2n) is 5.35. The van der Waals surface area contributed by atoms with Gasteiger partial charge in [0, 0.05) is 19.6 Å². The summed E-state index contributed by atoms with van der Waals surface area (Å²) in [7, 11) is 1.69. The third-order valence-corrected chi connectivity index (χ3v) is 3.89. The largest absolute Gasteiger partial charge is 0.497 e. The molecule has 1 saturated heterocycles. The molecule has 0 unspecified atom stereocenters. The predicted octanol–water partition coefficient (Wildman–Crippen LogP) is 3.27. The van der Waals surface area contributed by atoms with Crippen LogP contribution in [0.4, 0.5) is 0 Å². The molecule has 3 heteroatoms. The molecule has 1 fully saturated rings. The molecule has 3 nitrogen and oxygen atoms in total. The van der Waals surface area contributed by atoms with Crippen LogP contribution in [0.5, 0.6) is 5.75 Å². The molecule has 0 radical (unpaired) electrons. The van der Waals surface area contributed by atoms with Crippen molar-refractivity contribution < 1.29 is 9.47 Å². The van der Waals surface area contributed by atoms with E-state index < -0.39 is 0 Å². The van der Waals surface area contributed by atoms with Gasteiger partial charge in [0.2, 0.25) is 0 Å². The fourth-order valence-electron chi connectivity index (χ4n) is 2.71. The summed E-state index contributed by atoms with van der Waals surface area (Å²) in [4.78, 5) is 2.45. The van der Waals surface area contributed by atoms with E-state index in [-0.39, 0.29) is 6.10 Å². The zero-order chi connectivity index (χ0) is 14.5. The van der Waals surface area contributed by atoms with E-state index in [1.54, 1.807) is 7.11 Å². The van der Waals surface area contributed by atoms with E-state index in [0.29, 0.717) is 0 Å². The number of hydrogen-bond acceptors (Lipinski definition) is 3. The average molecular weight is 283 g/mol. The van der Waals surface area contributed by atoms with Crippen LogP contribution >= 0.6 is 0 Å². The first-order chi connectivity index (χ1) is 10.3. The summed E-state index contributed by atoms with van der Waals surface area (Å²) in [5.74, 6) is 0.885. The maximum atomic E-state index is 5.92. The lowest BCUT2D eigenvalue weighted by Crippen LogP contribution is -2.37. The Labute approximate surface area is 126 Å². The Morgan fingerprint density at radius 1 is 1.10 bits per heavy atom. The molecule has 1 aliphatic rings. The number of nitrogens with zero attached hydrogens (tertiary/aromatic N) is 1. The highest BCUT2D eigenvalue weighted by molar-refractivity contribution is 5.29. The smallest absolute Gasteiger partial charge is 0.118 e. The minimum atomic E-state index is 0.147. The Bertz CT molecular complexity index is 553. The van der Waals surface area contributed by atoms with Gasteiger partial charge in [-0.3, -0.25) is 4.90 Å². The van der Waals surface area contributed by atoms with E-state index >= 15 is 0 Å². The molecule has 0 N–H and O–H groups in total. The molecule has 1 heterocycles. The van der Waals surface area contributed by atoms with Crippen molar-refractivity contribution in [1.82, 2.24) is 4.90 Å². The van der Waals surface area contributed by atoms with E-state index in [0.717, 1.165) is 32.0 Å². The second kappa shape index (κ2) is 6.74. The van der Waals surface area contributed by atoms with Crippen molar-refractivity contribution in [2.75, 3.05) is 26.8 Å². The number of morpholine rings is 1. The fraction of sp³-hybridized carbons (Fsp3) is 0.333. The van der Waals surface area contributed by atoms with Gasteiger partial charge in [-0.25, -0.2) is 0 Å². The molecule has 110 valence electrons. The van der Waals surface area contributed by atoms with Crippen LogP contribution < -0.4 is 4.74 Å². The SMILES string of the molecule is COc1ccc([C@H]2CN(Cc3ccccc3)CCO2)cc1. The number of methoxy groups -OCH3 is 1. The summed E-state index contributed by atoms with van der Waals surface area (Å²) in [6.07, 6.45) is 0.147. The van der Waals surface area contributed by atoms with Crippen molar-refractivity contribution in [1.29, 1.82) is 0 Å². The fourth-order valence-corrected chi connectivity index (χ4v) is 2.71. The number of ether oxygens (including phenoxy) is 2. The van der Waals surface area contributed by atoms with Gasteiger partial charge in [0.1, 0.15) is 5.75 Å². The third kappa shape index (κ3) is 3.63. The van der Waals surface area contributed by atoms with Crippen LogP contribution in [0.2, 0.25) is 0 Å². The lowest BCUT2D eigenvalue weighted by atomic mass is 10.1. The molecule has 1 atom stereocenters. The number of rotatable bonds is 4. The van der Waals surface area contributed by atoms with E-state index in [2.05, 4.69) is 47.4 Å². The maximum absolute atomic E-state index is 5.92. The molecule has 1 aliphatic heterocycles. The van der Waals surface area contributed by atoms with Crippen LogP contribution in [-0.4, -0.2) is 31.7 Å². The van der Waals surface area contributed by atoms with E-state index in [1.165, 1.54) is 11.1 Å². The zero-order valence-electron chi connectivity index (χ0n) is 12.4. The highest BCUT2D eigenvalue weighted by Crippen LogP contribution is 2.25. The highest BCUT2D eigenvalue weighted by Gasteiger charge is 2.21. The molecule has 21 heavy (non-hydrogen) atoms. The normalized spacial score (nSPS) is 19.4. The minimum Gasteiger partial charge on any atom is -0.497 e. The molecule has 0 aliphatic carbocycles. The Balaban J connectivity index is 1.64. The Hall–Kier alpha value is -1.84. The van der Waals surface area contributed by atoms with Crippen LogP contribution in [0.15, 0.2) is 54.6 Å². The van der Waals surface area contributed by atoms with Crippen LogP contribution in [-0.2, 0) is 11.3 Å². The van der Waals surface area contributed by atoms with Gasteiger partial charge in [0.05, 0.1) is 19.8 Å². The maximum Gasteiger partial charge on any atom is 0.118 e. The lowest BCUT2D eigenvalue weighted by Gasteiger charge is -2.33. The molecule has 0 bridgehead atoms. The van der Waals surface area contributed by atoms with Crippen LogP contribution in [0, 0.1) is 0 Å². The molecule has 0 amide bonds. The van der Waals surface area contributed by atoms with Gasteiger partial charge in [0.25, 0.3) is 0 Å². The molecule has 0 saturated carbocycles. The molecule has 0 spiro atoms. The van der Waals surface area contributed by atoms with Crippen molar-refractivity contribution in [3.8, 4) is 5.75 Å². The first-order valence-corrected chi connectivity index (χ1v) is 7.37. The van der Waals surface area contributed by atoms with Crippen molar-refractivity contribution in [3.63, 3.8) is 0 Å². The quantitative estimate of drug-likeness (QED) is 0.859. The minimum absolute atomic E-state index is 0.147. The molecular weight excluding hydrogens is 262 g/mol. The van der Waals surface area contributed by atoms with Gasteiger partial charge in [0.15, 0.2) is 0 Å². The summed E-state index contributed by atoms with van der Waals surface area (Å²) in [6.45, 7) is 3.68. The van der Waals surface area contributed by atoms with Crippen LogP contribution in [0.3, 0.4) is 0 Å². The second-order valence-corrected chi connectivity index (χ2v) is 5.35. The molecule has 2 aromatic rings. The predicted molar refractivity (Wildman–Crippen MR) is 83.4 cm³/mol. The molecule has 2 aromatic carbocycles. The number of benzene rings is 2. The summed E-state index contributed by atoms with van der Waals surface area (Å²) >= 11 is 0. The standard InChI is InChI=1S/C18H21NO2/c1-20-17-9-7-16(8-10-17)18-14-19(11-12-21-18)13-15-5-3-2-4-6-15/h2-10,18H,11-14H2,1H3/t18-/m1/s1. The average Bonchev–Trinajstić information content (AvgIpc) is 2.56. The molecule has 3 rings (SSSR count). The van der Waals surface area contributed by atoms with Gasteiger partial charge < -0.3 is 9.47 Å². The van der Waals surface area contributed by atoms with Gasteiger partial charge in [-0.05, 0) is 23.3 Å². The summed E-state index contributed by atoms with van der Waals surface area (Å²) in [5.41, 5.74) is 2.57. The zero-order valence-corrected chi connectivity index (χ0v) is 12.4. The lowest BCUT2D eigenvalue weighted by molar-refractivity contribution is -0.0329. The topological polar surface area (TPSA) is 21.7 Å². The van der Waals surface area contributed by atoms with Crippen LogP contribution in [0.25, 0.3) is 0 Å². The highest BCUT2D eigenvalue weighted by atomic mass is 16.5. The first-order valence-electron chi connectivity index (χ1n) is 7.37. The third-order valence-electron chi connectivity index (χ3n) is 3.89. The Kier molecular flexibility index (Phi) is 4.53. The Morgan fingerprint density at radius 2 is 1.86 bits per heavy atom. The Morgan fingerprint density at radius 3 is 2.57 bits per heavy atom. The van der Waals surface area contributed by atoms with E-state index in [9.17, 15) is 0 Å². The van der Waals surface area contributed by atoms with Crippen molar-refractivity contribution in [3.05, 3.63) is 65.7 Å². The van der Waals surface area contributed by atoms with Crippen molar-refractivity contribution in [2.45, 2.75) is 12.6 Å². The summed E-state index contributed by atoms with van der Waals surface area (Å²) in [5, 5.41) is 0. The number of hydrogen-bond donors (Lipinski definition) is 0.